The van der Waals surface area contributed by atoms with Crippen LogP contribution < -0.4 is 15.4 Å². The number of thiazole rings is 1. The molecule has 4 aromatic rings. The first-order valence-electron chi connectivity index (χ1n) is 9.41. The molecular formula is C23H19N3O4S. The average molecular weight is 433 g/mol. The highest BCUT2D eigenvalue weighted by Crippen LogP contribution is 2.31. The van der Waals surface area contributed by atoms with Crippen LogP contribution >= 0.6 is 11.3 Å². The Bertz CT molecular complexity index is 1210. The zero-order valence-electron chi connectivity index (χ0n) is 16.8. The molecule has 0 aliphatic heterocycles. The van der Waals surface area contributed by atoms with Crippen molar-refractivity contribution in [1.82, 2.24) is 4.98 Å². The lowest BCUT2D eigenvalue weighted by Gasteiger charge is -2.06. The van der Waals surface area contributed by atoms with Gasteiger partial charge in [-0.25, -0.2) is 4.98 Å². The molecule has 2 aromatic carbocycles. The van der Waals surface area contributed by atoms with E-state index in [9.17, 15) is 9.59 Å². The summed E-state index contributed by atoms with van der Waals surface area (Å²) in [5.41, 5.74) is 2.64. The third-order valence-electron chi connectivity index (χ3n) is 4.51. The Kier molecular flexibility index (Phi) is 5.81. The number of rotatable bonds is 6. The highest BCUT2D eigenvalue weighted by Gasteiger charge is 2.15. The van der Waals surface area contributed by atoms with Crippen LogP contribution in [0.25, 0.3) is 11.3 Å². The topological polar surface area (TPSA) is 93.5 Å². The first-order valence-corrected chi connectivity index (χ1v) is 10.2. The molecule has 0 radical (unpaired) electrons. The van der Waals surface area contributed by atoms with Crippen LogP contribution in [0.1, 0.15) is 25.8 Å². The second kappa shape index (κ2) is 8.85. The summed E-state index contributed by atoms with van der Waals surface area (Å²) < 4.78 is 10.3. The summed E-state index contributed by atoms with van der Waals surface area (Å²) in [5.74, 6) is 0.259. The van der Waals surface area contributed by atoms with Crippen molar-refractivity contribution in [2.75, 3.05) is 17.7 Å². The van der Waals surface area contributed by atoms with Gasteiger partial charge in [-0.2, -0.15) is 0 Å². The molecule has 2 heterocycles. The largest absolute Gasteiger partial charge is 0.497 e. The molecular weight excluding hydrogens is 414 g/mol. The zero-order chi connectivity index (χ0) is 21.8. The molecule has 8 heteroatoms. The van der Waals surface area contributed by atoms with E-state index in [4.69, 9.17) is 9.15 Å². The quantitative estimate of drug-likeness (QED) is 0.435. The lowest BCUT2D eigenvalue weighted by molar-refractivity contribution is 0.0993. The van der Waals surface area contributed by atoms with Crippen molar-refractivity contribution in [2.45, 2.75) is 6.92 Å². The maximum Gasteiger partial charge on any atom is 0.291 e. The molecule has 0 fully saturated rings. The van der Waals surface area contributed by atoms with Gasteiger partial charge in [0.15, 0.2) is 10.9 Å². The number of carbonyl (C=O) groups is 2. The smallest absolute Gasteiger partial charge is 0.291 e. The highest BCUT2D eigenvalue weighted by atomic mass is 32.1. The lowest BCUT2D eigenvalue weighted by Crippen LogP contribution is -2.14. The van der Waals surface area contributed by atoms with Crippen molar-refractivity contribution in [2.24, 2.45) is 0 Å². The van der Waals surface area contributed by atoms with Gasteiger partial charge >= 0.3 is 0 Å². The van der Waals surface area contributed by atoms with Crippen LogP contribution in [-0.2, 0) is 0 Å². The molecule has 0 aliphatic rings. The molecule has 0 aliphatic carbocycles. The average Bonchev–Trinajstić information content (AvgIpc) is 3.44. The van der Waals surface area contributed by atoms with Gasteiger partial charge in [0.05, 0.1) is 19.1 Å². The van der Waals surface area contributed by atoms with Crippen molar-refractivity contribution in [3.8, 4) is 17.0 Å². The maximum absolute atomic E-state index is 12.7. The Morgan fingerprint density at radius 2 is 1.81 bits per heavy atom. The van der Waals surface area contributed by atoms with E-state index in [1.165, 1.54) is 17.6 Å². The summed E-state index contributed by atoms with van der Waals surface area (Å²) in [6.45, 7) is 1.96. The zero-order valence-corrected chi connectivity index (χ0v) is 17.7. The van der Waals surface area contributed by atoms with Crippen molar-refractivity contribution < 1.29 is 18.7 Å². The van der Waals surface area contributed by atoms with Crippen LogP contribution in [0.3, 0.4) is 0 Å². The third kappa shape index (κ3) is 4.65. The van der Waals surface area contributed by atoms with Gasteiger partial charge in [0.25, 0.3) is 11.8 Å². The van der Waals surface area contributed by atoms with Crippen LogP contribution in [0.5, 0.6) is 5.75 Å². The standard InChI is InChI=1S/C23H19N3O4S/c1-14-20(15-8-10-18(29-2)11-9-15)25-23(31-14)26-21(27)16-5-3-6-17(13-16)24-22(28)19-7-4-12-30-19/h3-13H,1-2H3,(H,24,28)(H,25,26,27). The van der Waals surface area contributed by atoms with Crippen molar-refractivity contribution >= 4 is 34.0 Å². The van der Waals surface area contributed by atoms with Gasteiger partial charge in [0.2, 0.25) is 0 Å². The predicted octanol–water partition coefficient (Wildman–Crippen LogP) is 5.22. The van der Waals surface area contributed by atoms with Crippen LogP contribution in [-0.4, -0.2) is 23.9 Å². The molecule has 156 valence electrons. The molecule has 0 atom stereocenters. The van der Waals surface area contributed by atoms with Crippen LogP contribution in [0.2, 0.25) is 0 Å². The van der Waals surface area contributed by atoms with E-state index >= 15 is 0 Å². The minimum absolute atomic E-state index is 0.194. The normalized spacial score (nSPS) is 10.5. The monoisotopic (exact) mass is 433 g/mol. The Labute approximate surface area is 182 Å². The number of carbonyl (C=O) groups excluding carboxylic acids is 2. The first-order chi connectivity index (χ1) is 15.0. The van der Waals surface area contributed by atoms with Crippen molar-refractivity contribution in [3.05, 3.63) is 83.1 Å². The van der Waals surface area contributed by atoms with Gasteiger partial charge in [-0.3, -0.25) is 14.9 Å². The highest BCUT2D eigenvalue weighted by molar-refractivity contribution is 7.16. The number of ether oxygens (including phenoxy) is 1. The Balaban J connectivity index is 1.47. The van der Waals surface area contributed by atoms with E-state index in [0.29, 0.717) is 16.4 Å². The molecule has 0 unspecified atom stereocenters. The summed E-state index contributed by atoms with van der Waals surface area (Å²) in [6.07, 6.45) is 1.43. The molecule has 0 saturated carbocycles. The number of methoxy groups -OCH3 is 1. The van der Waals surface area contributed by atoms with Crippen LogP contribution in [0.15, 0.2) is 71.3 Å². The van der Waals surface area contributed by atoms with Gasteiger partial charge in [0, 0.05) is 21.7 Å². The molecule has 0 bridgehead atoms. The molecule has 2 amide bonds. The maximum atomic E-state index is 12.7. The summed E-state index contributed by atoms with van der Waals surface area (Å²) in [6, 6.07) is 17.5. The van der Waals surface area contributed by atoms with Gasteiger partial charge < -0.3 is 14.5 Å². The summed E-state index contributed by atoms with van der Waals surface area (Å²) in [4.78, 5) is 30.4. The fourth-order valence-corrected chi connectivity index (χ4v) is 3.81. The Morgan fingerprint density at radius 1 is 1.00 bits per heavy atom. The van der Waals surface area contributed by atoms with Gasteiger partial charge in [-0.1, -0.05) is 6.07 Å². The van der Waals surface area contributed by atoms with Gasteiger partial charge in [-0.15, -0.1) is 11.3 Å². The van der Waals surface area contributed by atoms with E-state index in [-0.39, 0.29) is 17.6 Å². The van der Waals surface area contributed by atoms with Gasteiger partial charge in [0.1, 0.15) is 5.75 Å². The van der Waals surface area contributed by atoms with Crippen molar-refractivity contribution in [1.29, 1.82) is 0 Å². The first kappa shape index (κ1) is 20.4. The SMILES string of the molecule is COc1ccc(-c2nc(NC(=O)c3cccc(NC(=O)c4ccco4)c3)sc2C)cc1. The van der Waals surface area contributed by atoms with E-state index in [1.807, 2.05) is 31.2 Å². The summed E-state index contributed by atoms with van der Waals surface area (Å²) in [7, 11) is 1.62. The molecule has 2 N–H and O–H groups in total. The fourth-order valence-electron chi connectivity index (χ4n) is 2.97. The number of amides is 2. The Morgan fingerprint density at radius 3 is 2.52 bits per heavy atom. The van der Waals surface area contributed by atoms with Crippen LogP contribution in [0, 0.1) is 6.92 Å². The number of anilines is 2. The number of nitrogens with zero attached hydrogens (tertiary/aromatic N) is 1. The molecule has 31 heavy (non-hydrogen) atoms. The minimum Gasteiger partial charge on any atom is -0.497 e. The van der Waals surface area contributed by atoms with Crippen LogP contribution in [0.4, 0.5) is 10.8 Å². The number of hydrogen-bond acceptors (Lipinski definition) is 6. The summed E-state index contributed by atoms with van der Waals surface area (Å²) >= 11 is 1.40. The number of aromatic nitrogens is 1. The van der Waals surface area contributed by atoms with Crippen molar-refractivity contribution in [3.63, 3.8) is 0 Å². The van der Waals surface area contributed by atoms with E-state index in [0.717, 1.165) is 21.9 Å². The third-order valence-corrected chi connectivity index (χ3v) is 5.39. The molecule has 0 spiro atoms. The second-order valence-corrected chi connectivity index (χ2v) is 7.82. The van der Waals surface area contributed by atoms with E-state index < -0.39 is 0 Å². The number of benzene rings is 2. The minimum atomic E-state index is -0.387. The number of nitrogens with one attached hydrogen (secondary N) is 2. The summed E-state index contributed by atoms with van der Waals surface area (Å²) in [5, 5.41) is 6.04. The second-order valence-electron chi connectivity index (χ2n) is 6.62. The van der Waals surface area contributed by atoms with Gasteiger partial charge in [-0.05, 0) is 61.5 Å². The number of furan rings is 1. The molecule has 0 saturated heterocycles. The predicted molar refractivity (Wildman–Crippen MR) is 120 cm³/mol. The molecule has 2 aromatic heterocycles. The fraction of sp³-hybridized carbons (Fsp3) is 0.0870. The Hall–Kier alpha value is -3.91. The van der Waals surface area contributed by atoms with E-state index in [1.54, 1.807) is 43.5 Å². The van der Waals surface area contributed by atoms with E-state index in [2.05, 4.69) is 15.6 Å². The molecule has 4 rings (SSSR count). The number of hydrogen-bond donors (Lipinski definition) is 2. The number of aryl methyl sites for hydroxylation is 1. The molecule has 7 nitrogen and oxygen atoms in total. The lowest BCUT2D eigenvalue weighted by atomic mass is 10.1.